The Hall–Kier alpha value is -1.05. The molecule has 1 heterocycles. The summed E-state index contributed by atoms with van der Waals surface area (Å²) in [6.07, 6.45) is 1.18. The number of benzene rings is 1. The van der Waals surface area contributed by atoms with Crippen molar-refractivity contribution in [1.29, 1.82) is 5.26 Å². The van der Waals surface area contributed by atoms with Crippen LogP contribution in [0.2, 0.25) is 0 Å². The number of hydrogen-bond acceptors (Lipinski definition) is 3. The predicted molar refractivity (Wildman–Crippen MR) is 73.2 cm³/mol. The standard InChI is InChI=1S/C13H16BrN3/c1-16(2)12-3-4-17(9-12)13-6-10(8-15)5-11(14)7-13/h5-7,12H,3-4,9H2,1-2H3. The van der Waals surface area contributed by atoms with E-state index in [1.807, 2.05) is 12.1 Å². The van der Waals surface area contributed by atoms with Gasteiger partial charge in [-0.2, -0.15) is 5.26 Å². The molecule has 0 amide bonds. The van der Waals surface area contributed by atoms with E-state index in [1.54, 1.807) is 0 Å². The maximum absolute atomic E-state index is 8.97. The molecule has 1 aromatic carbocycles. The van der Waals surface area contributed by atoms with Gasteiger partial charge in [-0.1, -0.05) is 15.9 Å². The normalized spacial score (nSPS) is 19.7. The molecule has 1 aliphatic rings. The van der Waals surface area contributed by atoms with Crippen molar-refractivity contribution < 1.29 is 0 Å². The lowest BCUT2D eigenvalue weighted by atomic mass is 10.2. The van der Waals surface area contributed by atoms with Crippen LogP contribution in [0.15, 0.2) is 22.7 Å². The smallest absolute Gasteiger partial charge is 0.0992 e. The fraction of sp³-hybridized carbons (Fsp3) is 0.462. The molecule has 1 saturated heterocycles. The number of hydrogen-bond donors (Lipinski definition) is 0. The van der Waals surface area contributed by atoms with E-state index in [9.17, 15) is 0 Å². The first-order valence-corrected chi connectivity index (χ1v) is 6.51. The molecule has 4 heteroatoms. The molecule has 1 fully saturated rings. The highest BCUT2D eigenvalue weighted by Gasteiger charge is 2.24. The van der Waals surface area contributed by atoms with Crippen LogP contribution in [-0.4, -0.2) is 38.1 Å². The molecule has 3 nitrogen and oxygen atoms in total. The first kappa shape index (κ1) is 12.4. The molecule has 90 valence electrons. The Morgan fingerprint density at radius 3 is 2.76 bits per heavy atom. The third-order valence-electron chi connectivity index (χ3n) is 3.27. The summed E-state index contributed by atoms with van der Waals surface area (Å²) >= 11 is 3.46. The topological polar surface area (TPSA) is 30.3 Å². The molecule has 1 aromatic rings. The molecule has 1 atom stereocenters. The Balaban J connectivity index is 2.19. The summed E-state index contributed by atoms with van der Waals surface area (Å²) in [6, 6.07) is 8.70. The lowest BCUT2D eigenvalue weighted by Gasteiger charge is -2.22. The second-order valence-corrected chi connectivity index (χ2v) is 5.58. The van der Waals surface area contributed by atoms with Crippen molar-refractivity contribution in [2.45, 2.75) is 12.5 Å². The minimum atomic E-state index is 0.611. The fourth-order valence-corrected chi connectivity index (χ4v) is 2.70. The van der Waals surface area contributed by atoms with Crippen molar-refractivity contribution in [3.05, 3.63) is 28.2 Å². The van der Waals surface area contributed by atoms with Gasteiger partial charge in [0.15, 0.2) is 0 Å². The van der Waals surface area contributed by atoms with Crippen LogP contribution in [0.1, 0.15) is 12.0 Å². The molecular formula is C13H16BrN3. The van der Waals surface area contributed by atoms with Crippen molar-refractivity contribution >= 4 is 21.6 Å². The van der Waals surface area contributed by atoms with Gasteiger partial charge in [0.1, 0.15) is 0 Å². The van der Waals surface area contributed by atoms with Crippen LogP contribution in [0.3, 0.4) is 0 Å². The van der Waals surface area contributed by atoms with Crippen molar-refractivity contribution in [3.63, 3.8) is 0 Å². The number of halogens is 1. The molecule has 0 N–H and O–H groups in total. The quantitative estimate of drug-likeness (QED) is 0.839. The second kappa shape index (κ2) is 5.07. The fourth-order valence-electron chi connectivity index (χ4n) is 2.22. The van der Waals surface area contributed by atoms with E-state index in [0.717, 1.165) is 23.2 Å². The Bertz CT molecular complexity index is 450. The predicted octanol–water partition coefficient (Wildman–Crippen LogP) is 2.46. The van der Waals surface area contributed by atoms with Gasteiger partial charge < -0.3 is 9.80 Å². The van der Waals surface area contributed by atoms with Gasteiger partial charge in [0.2, 0.25) is 0 Å². The molecule has 0 bridgehead atoms. The van der Waals surface area contributed by atoms with E-state index in [2.05, 4.69) is 52.0 Å². The highest BCUT2D eigenvalue weighted by atomic mass is 79.9. The van der Waals surface area contributed by atoms with Gasteiger partial charge >= 0.3 is 0 Å². The number of nitrogens with zero attached hydrogens (tertiary/aromatic N) is 3. The van der Waals surface area contributed by atoms with Crippen LogP contribution in [0.25, 0.3) is 0 Å². The van der Waals surface area contributed by atoms with Gasteiger partial charge in [-0.25, -0.2) is 0 Å². The van der Waals surface area contributed by atoms with Gasteiger partial charge in [0, 0.05) is 29.3 Å². The molecule has 0 radical (unpaired) electrons. The highest BCUT2D eigenvalue weighted by molar-refractivity contribution is 9.10. The Kier molecular flexibility index (Phi) is 3.70. The van der Waals surface area contributed by atoms with Crippen molar-refractivity contribution in [3.8, 4) is 6.07 Å². The average Bonchev–Trinajstić information content (AvgIpc) is 2.77. The molecule has 1 aliphatic heterocycles. The molecular weight excluding hydrogens is 278 g/mol. The first-order chi connectivity index (χ1) is 8.10. The molecule has 0 spiro atoms. The van der Waals surface area contributed by atoms with Crippen molar-refractivity contribution in [2.24, 2.45) is 0 Å². The van der Waals surface area contributed by atoms with E-state index >= 15 is 0 Å². The van der Waals surface area contributed by atoms with Gasteiger partial charge in [0.25, 0.3) is 0 Å². The van der Waals surface area contributed by atoms with Gasteiger partial charge in [-0.15, -0.1) is 0 Å². The van der Waals surface area contributed by atoms with Crippen LogP contribution in [-0.2, 0) is 0 Å². The summed E-state index contributed by atoms with van der Waals surface area (Å²) in [6.45, 7) is 2.10. The lowest BCUT2D eigenvalue weighted by molar-refractivity contribution is 0.315. The molecule has 17 heavy (non-hydrogen) atoms. The monoisotopic (exact) mass is 293 g/mol. The first-order valence-electron chi connectivity index (χ1n) is 5.72. The number of anilines is 1. The van der Waals surface area contributed by atoms with Gasteiger partial charge in [-0.3, -0.25) is 0 Å². The molecule has 0 aliphatic carbocycles. The minimum Gasteiger partial charge on any atom is -0.370 e. The van der Waals surface area contributed by atoms with Gasteiger partial charge in [0.05, 0.1) is 11.6 Å². The zero-order chi connectivity index (χ0) is 12.4. The minimum absolute atomic E-state index is 0.611. The van der Waals surface area contributed by atoms with E-state index < -0.39 is 0 Å². The number of rotatable bonds is 2. The maximum Gasteiger partial charge on any atom is 0.0992 e. The van der Waals surface area contributed by atoms with Crippen molar-refractivity contribution in [2.75, 3.05) is 32.1 Å². The van der Waals surface area contributed by atoms with Crippen LogP contribution < -0.4 is 4.90 Å². The van der Waals surface area contributed by atoms with Crippen LogP contribution in [0, 0.1) is 11.3 Å². The Morgan fingerprint density at radius 1 is 1.41 bits per heavy atom. The average molecular weight is 294 g/mol. The van der Waals surface area contributed by atoms with E-state index in [0.29, 0.717) is 11.6 Å². The maximum atomic E-state index is 8.97. The van der Waals surface area contributed by atoms with Crippen LogP contribution >= 0.6 is 15.9 Å². The second-order valence-electron chi connectivity index (χ2n) is 4.66. The summed E-state index contributed by atoms with van der Waals surface area (Å²) in [4.78, 5) is 4.61. The Labute approximate surface area is 111 Å². The summed E-state index contributed by atoms with van der Waals surface area (Å²) in [5, 5.41) is 8.97. The van der Waals surface area contributed by atoms with E-state index in [4.69, 9.17) is 5.26 Å². The number of nitriles is 1. The summed E-state index contributed by atoms with van der Waals surface area (Å²) in [5.74, 6) is 0. The summed E-state index contributed by atoms with van der Waals surface area (Å²) in [5.41, 5.74) is 1.85. The van der Waals surface area contributed by atoms with Crippen molar-refractivity contribution in [1.82, 2.24) is 4.90 Å². The third kappa shape index (κ3) is 2.80. The van der Waals surface area contributed by atoms with Gasteiger partial charge in [-0.05, 0) is 38.7 Å². The van der Waals surface area contributed by atoms with E-state index in [1.165, 1.54) is 6.42 Å². The van der Waals surface area contributed by atoms with E-state index in [-0.39, 0.29) is 0 Å². The highest BCUT2D eigenvalue weighted by Crippen LogP contribution is 2.26. The summed E-state index contributed by atoms with van der Waals surface area (Å²) < 4.78 is 0.972. The lowest BCUT2D eigenvalue weighted by Crippen LogP contribution is -2.31. The van der Waals surface area contributed by atoms with Crippen LogP contribution in [0.4, 0.5) is 5.69 Å². The molecule has 1 unspecified atom stereocenters. The third-order valence-corrected chi connectivity index (χ3v) is 3.73. The summed E-state index contributed by atoms with van der Waals surface area (Å²) in [7, 11) is 4.24. The molecule has 2 rings (SSSR count). The largest absolute Gasteiger partial charge is 0.370 e. The number of likely N-dealkylation sites (N-methyl/N-ethyl adjacent to an activating group) is 1. The van der Waals surface area contributed by atoms with Crippen LogP contribution in [0.5, 0.6) is 0 Å². The Morgan fingerprint density at radius 2 is 2.18 bits per heavy atom. The molecule has 0 saturated carbocycles. The zero-order valence-electron chi connectivity index (χ0n) is 10.2. The SMILES string of the molecule is CN(C)C1CCN(c2cc(Br)cc(C#N)c2)C1. The molecule has 0 aromatic heterocycles. The zero-order valence-corrected chi connectivity index (χ0v) is 11.7.